The first-order chi connectivity index (χ1) is 9.19. The molecule has 1 aliphatic heterocycles. The van der Waals surface area contributed by atoms with Crippen molar-refractivity contribution >= 4 is 5.84 Å². The van der Waals surface area contributed by atoms with E-state index < -0.39 is 6.10 Å². The number of hydrogen-bond donors (Lipinski definition) is 1. The average molecular weight is 260 g/mol. The lowest BCUT2D eigenvalue weighted by molar-refractivity contribution is 0.0946. The third-order valence-corrected chi connectivity index (χ3v) is 2.89. The summed E-state index contributed by atoms with van der Waals surface area (Å²) in [5.74, 6) is 1.77. The zero-order valence-electron chi connectivity index (χ0n) is 11.4. The number of hydrogen-bond acceptors (Lipinski definition) is 4. The van der Waals surface area contributed by atoms with Crippen molar-refractivity contribution in [1.29, 1.82) is 0 Å². The second-order valence-corrected chi connectivity index (χ2v) is 4.58. The molecular formula is C15H20N2O2+. The van der Waals surface area contributed by atoms with E-state index in [-0.39, 0.29) is 6.61 Å². The first-order valence-electron chi connectivity index (χ1n) is 6.57. The van der Waals surface area contributed by atoms with Gasteiger partial charge in [0.05, 0.1) is 6.42 Å². The van der Waals surface area contributed by atoms with Gasteiger partial charge in [0.25, 0.3) is 5.84 Å². The molecule has 1 aromatic carbocycles. The summed E-state index contributed by atoms with van der Waals surface area (Å²) in [6.07, 6.45) is 2.28. The highest BCUT2D eigenvalue weighted by atomic mass is 16.5. The molecule has 0 spiro atoms. The van der Waals surface area contributed by atoms with Gasteiger partial charge in [-0.3, -0.25) is 0 Å². The van der Waals surface area contributed by atoms with Gasteiger partial charge < -0.3 is 9.84 Å². The van der Waals surface area contributed by atoms with Crippen LogP contribution in [0.25, 0.3) is 0 Å². The fraction of sp³-hybridized carbons (Fsp3) is 0.400. The minimum atomic E-state index is -0.542. The van der Waals surface area contributed by atoms with Crippen molar-refractivity contribution < 1.29 is 9.84 Å². The highest BCUT2D eigenvalue weighted by Gasteiger charge is 2.27. The van der Waals surface area contributed by atoms with Gasteiger partial charge in [-0.15, -0.1) is 0 Å². The molecule has 0 fully saturated rings. The summed E-state index contributed by atoms with van der Waals surface area (Å²) < 4.78 is 5.54. The van der Waals surface area contributed by atoms with Crippen LogP contribution in [0.15, 0.2) is 42.2 Å². The minimum Gasteiger partial charge on any atom is -0.491 e. The number of β-amino-alcohol motifs (C(OH)–C–C–N with tert-alkyl or cyclic N) is 1. The van der Waals surface area contributed by atoms with Crippen LogP contribution in [0.4, 0.5) is 0 Å². The number of rotatable bonds is 6. The number of para-hydroxylation sites is 1. The number of nitrogens with zero attached hydrogens (tertiary/aromatic N) is 2. The monoisotopic (exact) mass is 260 g/mol. The van der Waals surface area contributed by atoms with E-state index in [2.05, 4.69) is 11.9 Å². The van der Waals surface area contributed by atoms with Crippen LogP contribution >= 0.6 is 0 Å². The van der Waals surface area contributed by atoms with Gasteiger partial charge in [-0.25, -0.2) is 4.90 Å². The molecule has 0 amide bonds. The lowest BCUT2D eigenvalue weighted by Crippen LogP contribution is -2.35. The van der Waals surface area contributed by atoms with Crippen LogP contribution in [0.3, 0.4) is 0 Å². The second-order valence-electron chi connectivity index (χ2n) is 4.58. The lowest BCUT2D eigenvalue weighted by Gasteiger charge is -2.15. The van der Waals surface area contributed by atoms with E-state index in [0.717, 1.165) is 23.7 Å². The van der Waals surface area contributed by atoms with E-state index in [9.17, 15) is 5.11 Å². The Labute approximate surface area is 114 Å². The molecule has 4 heteroatoms. The SMILES string of the molecule is CCC1=[N+]C(C)=CN1CC(O)COc1ccccc1. The Morgan fingerprint density at radius 2 is 2.05 bits per heavy atom. The van der Waals surface area contributed by atoms with Crippen LogP contribution in [0.5, 0.6) is 5.75 Å². The molecule has 0 aromatic heterocycles. The second kappa shape index (κ2) is 6.38. The Balaban J connectivity index is 1.82. The quantitative estimate of drug-likeness (QED) is 0.847. The van der Waals surface area contributed by atoms with Crippen molar-refractivity contribution in [2.24, 2.45) is 0 Å². The molecule has 1 heterocycles. The summed E-state index contributed by atoms with van der Waals surface area (Å²) in [6, 6.07) is 9.52. The number of benzene rings is 1. The van der Waals surface area contributed by atoms with Gasteiger partial charge in [0, 0.05) is 6.92 Å². The van der Waals surface area contributed by atoms with Gasteiger partial charge in [0.15, 0.2) is 5.70 Å². The van der Waals surface area contributed by atoms with Crippen molar-refractivity contribution in [2.45, 2.75) is 26.4 Å². The third-order valence-electron chi connectivity index (χ3n) is 2.89. The van der Waals surface area contributed by atoms with Gasteiger partial charge in [-0.2, -0.15) is 0 Å². The molecule has 0 saturated carbocycles. The van der Waals surface area contributed by atoms with Gasteiger partial charge in [-0.05, 0) is 17.1 Å². The summed E-state index contributed by atoms with van der Waals surface area (Å²) in [6.45, 7) is 4.81. The van der Waals surface area contributed by atoms with Crippen LogP contribution in [0, 0.1) is 0 Å². The van der Waals surface area contributed by atoms with E-state index in [0.29, 0.717) is 6.54 Å². The zero-order chi connectivity index (χ0) is 13.7. The van der Waals surface area contributed by atoms with Crippen molar-refractivity contribution in [3.63, 3.8) is 0 Å². The van der Waals surface area contributed by atoms with Crippen molar-refractivity contribution in [2.75, 3.05) is 13.2 Å². The minimum absolute atomic E-state index is 0.282. The van der Waals surface area contributed by atoms with Gasteiger partial charge in [0.2, 0.25) is 0 Å². The summed E-state index contributed by atoms with van der Waals surface area (Å²) in [5.41, 5.74) is 0.980. The first kappa shape index (κ1) is 13.6. The van der Waals surface area contributed by atoms with Gasteiger partial charge in [-0.1, -0.05) is 25.1 Å². The molecule has 0 aliphatic carbocycles. The molecule has 0 saturated heterocycles. The number of aliphatic hydroxyl groups excluding tert-OH is 1. The summed E-state index contributed by atoms with van der Waals surface area (Å²) in [4.78, 5) is 6.41. The molecule has 0 bridgehead atoms. The number of ether oxygens (including phenoxy) is 1. The summed E-state index contributed by atoms with van der Waals surface area (Å²) in [7, 11) is 0. The van der Waals surface area contributed by atoms with Crippen molar-refractivity contribution in [3.05, 3.63) is 42.2 Å². The molecule has 1 atom stereocenters. The molecule has 19 heavy (non-hydrogen) atoms. The first-order valence-corrected chi connectivity index (χ1v) is 6.57. The molecule has 4 nitrogen and oxygen atoms in total. The van der Waals surface area contributed by atoms with Crippen LogP contribution in [-0.4, -0.2) is 35.1 Å². The molecule has 2 rings (SSSR count). The Bertz CT molecular complexity index is 468. The van der Waals surface area contributed by atoms with Crippen LogP contribution < -0.4 is 9.73 Å². The van der Waals surface area contributed by atoms with E-state index in [1.807, 2.05) is 48.4 Å². The molecule has 1 aromatic rings. The Kier molecular flexibility index (Phi) is 4.58. The molecular weight excluding hydrogens is 240 g/mol. The van der Waals surface area contributed by atoms with E-state index in [1.54, 1.807) is 0 Å². The smallest absolute Gasteiger partial charge is 0.298 e. The number of allylic oxidation sites excluding steroid dienone is 1. The van der Waals surface area contributed by atoms with E-state index >= 15 is 0 Å². The normalized spacial score (nSPS) is 16.1. The molecule has 1 unspecified atom stereocenters. The average Bonchev–Trinajstić information content (AvgIpc) is 2.77. The predicted molar refractivity (Wildman–Crippen MR) is 75.8 cm³/mol. The Morgan fingerprint density at radius 1 is 1.32 bits per heavy atom. The Morgan fingerprint density at radius 3 is 2.74 bits per heavy atom. The maximum absolute atomic E-state index is 10.0. The van der Waals surface area contributed by atoms with Crippen LogP contribution in [-0.2, 0) is 0 Å². The van der Waals surface area contributed by atoms with Crippen molar-refractivity contribution in [1.82, 2.24) is 9.89 Å². The largest absolute Gasteiger partial charge is 0.491 e. The highest BCUT2D eigenvalue weighted by molar-refractivity contribution is 5.84. The summed E-state index contributed by atoms with van der Waals surface area (Å²) in [5, 5.41) is 10.0. The van der Waals surface area contributed by atoms with Crippen LogP contribution in [0.1, 0.15) is 20.3 Å². The van der Waals surface area contributed by atoms with E-state index in [4.69, 9.17) is 4.74 Å². The molecule has 1 radical (unpaired) electrons. The molecule has 1 aliphatic rings. The topological polar surface area (TPSA) is 46.8 Å². The Hall–Kier alpha value is -1.81. The number of amidine groups is 1. The van der Waals surface area contributed by atoms with E-state index in [1.165, 1.54) is 0 Å². The van der Waals surface area contributed by atoms with Crippen LogP contribution in [0.2, 0.25) is 0 Å². The highest BCUT2D eigenvalue weighted by Crippen LogP contribution is 2.11. The fourth-order valence-electron chi connectivity index (χ4n) is 2.03. The third kappa shape index (κ3) is 3.83. The van der Waals surface area contributed by atoms with Gasteiger partial charge >= 0.3 is 0 Å². The van der Waals surface area contributed by atoms with Crippen molar-refractivity contribution in [3.8, 4) is 5.75 Å². The van der Waals surface area contributed by atoms with Gasteiger partial charge in [0.1, 0.15) is 31.2 Å². The molecule has 1 N–H and O–H groups in total. The number of aliphatic hydroxyl groups is 1. The fourth-order valence-corrected chi connectivity index (χ4v) is 2.03. The zero-order valence-corrected chi connectivity index (χ0v) is 11.4. The predicted octanol–water partition coefficient (Wildman–Crippen LogP) is 1.75. The lowest BCUT2D eigenvalue weighted by atomic mass is 10.3. The number of aliphatic imine (C=N–C) groups is 1. The standard InChI is InChI=1S/C15H20N2O2/c1-3-15-16-12(2)9-17(15)10-13(18)11-19-14-7-5-4-6-8-14/h4-9,13,18H,3,10-11H2,1-2H3/q+1. The maximum Gasteiger partial charge on any atom is 0.298 e. The maximum atomic E-state index is 10.0. The summed E-state index contributed by atoms with van der Waals surface area (Å²) >= 11 is 0. The molecule has 101 valence electrons.